The van der Waals surface area contributed by atoms with Gasteiger partial charge in [-0.05, 0) is 25.0 Å². The normalized spacial score (nSPS) is 18.9. The number of rotatable bonds is 5. The predicted octanol–water partition coefficient (Wildman–Crippen LogP) is 1.92. The summed E-state index contributed by atoms with van der Waals surface area (Å²) < 4.78 is 0. The molecule has 0 bridgehead atoms. The van der Waals surface area contributed by atoms with Crippen LogP contribution in [0.25, 0.3) is 0 Å². The monoisotopic (exact) mass is 280 g/mol. The minimum absolute atomic E-state index is 0.123. The number of amides is 1. The number of hydrogen-bond acceptors (Lipinski definition) is 5. The molecule has 0 aromatic carbocycles. The Morgan fingerprint density at radius 2 is 2.37 bits per heavy atom. The highest BCUT2D eigenvalue weighted by atomic mass is 32.2. The molecule has 5 nitrogen and oxygen atoms in total. The van der Waals surface area contributed by atoms with Crippen LogP contribution in [0.5, 0.6) is 0 Å². The zero-order valence-electron chi connectivity index (χ0n) is 11.2. The first kappa shape index (κ1) is 14.1. The Labute approximate surface area is 118 Å². The largest absolute Gasteiger partial charge is 0.369 e. The number of thioether (sulfide) groups is 1. The van der Waals surface area contributed by atoms with E-state index < -0.39 is 0 Å². The van der Waals surface area contributed by atoms with Gasteiger partial charge < -0.3 is 10.6 Å². The van der Waals surface area contributed by atoms with Crippen molar-refractivity contribution in [3.05, 3.63) is 18.1 Å². The van der Waals surface area contributed by atoms with Gasteiger partial charge >= 0.3 is 0 Å². The Balaban J connectivity index is 1.87. The first-order valence-electron chi connectivity index (χ1n) is 6.74. The van der Waals surface area contributed by atoms with E-state index in [1.54, 1.807) is 6.20 Å². The average molecular weight is 280 g/mol. The summed E-state index contributed by atoms with van der Waals surface area (Å²) >= 11 is 1.89. The molecule has 0 spiro atoms. The van der Waals surface area contributed by atoms with E-state index in [1.807, 2.05) is 11.8 Å². The summed E-state index contributed by atoms with van der Waals surface area (Å²) in [6.45, 7) is 2.95. The van der Waals surface area contributed by atoms with Gasteiger partial charge in [-0.3, -0.25) is 4.79 Å². The lowest BCUT2D eigenvalue weighted by molar-refractivity contribution is 0.0933. The molecular weight excluding hydrogens is 260 g/mol. The standard InChI is InChI=1S/C13H20N4OS/c1-2-5-14-12-8-15-11(7-16-12)13(18)17-10-4-3-6-19-9-10/h7-8,10H,2-6,9H2,1H3,(H,14,16)(H,17,18). The first-order chi connectivity index (χ1) is 9.29. The molecule has 1 aromatic heterocycles. The van der Waals surface area contributed by atoms with E-state index in [9.17, 15) is 4.79 Å². The lowest BCUT2D eigenvalue weighted by atomic mass is 10.2. The van der Waals surface area contributed by atoms with Crippen molar-refractivity contribution < 1.29 is 4.79 Å². The SMILES string of the molecule is CCCNc1cnc(C(=O)NC2CCCSC2)cn1. The number of nitrogens with zero attached hydrogens (tertiary/aromatic N) is 2. The Hall–Kier alpha value is -1.30. The predicted molar refractivity (Wildman–Crippen MR) is 78.6 cm³/mol. The number of nitrogens with one attached hydrogen (secondary N) is 2. The van der Waals surface area contributed by atoms with Crippen molar-refractivity contribution in [2.24, 2.45) is 0 Å². The topological polar surface area (TPSA) is 66.9 Å². The van der Waals surface area contributed by atoms with Crippen LogP contribution in [-0.4, -0.2) is 40.0 Å². The second-order valence-corrected chi connectivity index (χ2v) is 5.75. The molecule has 1 saturated heterocycles. The molecule has 104 valence electrons. The summed E-state index contributed by atoms with van der Waals surface area (Å²) in [6, 6.07) is 0.269. The van der Waals surface area contributed by atoms with E-state index in [4.69, 9.17) is 0 Å². The number of hydrogen-bond donors (Lipinski definition) is 2. The molecule has 1 fully saturated rings. The van der Waals surface area contributed by atoms with Crippen LogP contribution in [-0.2, 0) is 0 Å². The quantitative estimate of drug-likeness (QED) is 0.862. The number of carbonyl (C=O) groups is 1. The van der Waals surface area contributed by atoms with Gasteiger partial charge in [0.15, 0.2) is 0 Å². The number of aromatic nitrogens is 2. The van der Waals surface area contributed by atoms with Gasteiger partial charge in [0.1, 0.15) is 11.5 Å². The van der Waals surface area contributed by atoms with Gasteiger partial charge in [-0.1, -0.05) is 6.92 Å². The fraction of sp³-hybridized carbons (Fsp3) is 0.615. The van der Waals surface area contributed by atoms with Gasteiger partial charge in [-0.25, -0.2) is 9.97 Å². The van der Waals surface area contributed by atoms with Crippen LogP contribution in [0.4, 0.5) is 5.82 Å². The van der Waals surface area contributed by atoms with Gasteiger partial charge in [0, 0.05) is 18.3 Å². The Kier molecular flexibility index (Phi) is 5.44. The first-order valence-corrected chi connectivity index (χ1v) is 7.89. The van der Waals surface area contributed by atoms with Gasteiger partial charge in [0.25, 0.3) is 5.91 Å². The molecular formula is C13H20N4OS. The summed E-state index contributed by atoms with van der Waals surface area (Å²) in [6.07, 6.45) is 6.40. The molecule has 2 N–H and O–H groups in total. The maximum atomic E-state index is 12.0. The molecule has 19 heavy (non-hydrogen) atoms. The van der Waals surface area contributed by atoms with Crippen LogP contribution < -0.4 is 10.6 Å². The van der Waals surface area contributed by atoms with E-state index in [2.05, 4.69) is 27.5 Å². The molecule has 2 rings (SSSR count). The second-order valence-electron chi connectivity index (χ2n) is 4.60. The maximum Gasteiger partial charge on any atom is 0.271 e. The van der Waals surface area contributed by atoms with E-state index in [0.717, 1.165) is 25.1 Å². The van der Waals surface area contributed by atoms with Crippen LogP contribution in [0, 0.1) is 0 Å². The van der Waals surface area contributed by atoms with Crippen molar-refractivity contribution in [1.29, 1.82) is 0 Å². The zero-order valence-corrected chi connectivity index (χ0v) is 12.0. The van der Waals surface area contributed by atoms with Crippen LogP contribution >= 0.6 is 11.8 Å². The highest BCUT2D eigenvalue weighted by molar-refractivity contribution is 7.99. The van der Waals surface area contributed by atoms with Gasteiger partial charge in [0.05, 0.1) is 12.4 Å². The highest BCUT2D eigenvalue weighted by Gasteiger charge is 2.17. The summed E-state index contributed by atoms with van der Waals surface area (Å²) in [5, 5.41) is 6.15. The van der Waals surface area contributed by atoms with E-state index >= 15 is 0 Å². The third-order valence-electron chi connectivity index (χ3n) is 2.94. The van der Waals surface area contributed by atoms with Crippen molar-refractivity contribution in [2.45, 2.75) is 32.2 Å². The van der Waals surface area contributed by atoms with E-state index in [0.29, 0.717) is 11.5 Å². The molecule has 0 saturated carbocycles. The van der Waals surface area contributed by atoms with Gasteiger partial charge in [-0.2, -0.15) is 11.8 Å². The summed E-state index contributed by atoms with van der Waals surface area (Å²) in [5.74, 6) is 2.79. The minimum atomic E-state index is -0.123. The summed E-state index contributed by atoms with van der Waals surface area (Å²) in [5.41, 5.74) is 0.387. The number of carbonyl (C=O) groups excluding carboxylic acids is 1. The lowest BCUT2D eigenvalue weighted by Gasteiger charge is -2.22. The van der Waals surface area contributed by atoms with Gasteiger partial charge in [-0.15, -0.1) is 0 Å². The Bertz CT molecular complexity index is 404. The van der Waals surface area contributed by atoms with Crippen LogP contribution in [0.3, 0.4) is 0 Å². The molecule has 1 amide bonds. The van der Waals surface area contributed by atoms with E-state index in [1.165, 1.54) is 18.4 Å². The Morgan fingerprint density at radius 1 is 1.47 bits per heavy atom. The number of anilines is 1. The third-order valence-corrected chi connectivity index (χ3v) is 4.15. The van der Waals surface area contributed by atoms with Crippen LogP contribution in [0.2, 0.25) is 0 Å². The molecule has 0 radical (unpaired) electrons. The summed E-state index contributed by atoms with van der Waals surface area (Å²) in [4.78, 5) is 20.3. The smallest absolute Gasteiger partial charge is 0.271 e. The van der Waals surface area contributed by atoms with E-state index in [-0.39, 0.29) is 11.9 Å². The molecule has 1 aliphatic rings. The molecule has 6 heteroatoms. The van der Waals surface area contributed by atoms with Crippen molar-refractivity contribution in [3.8, 4) is 0 Å². The maximum absolute atomic E-state index is 12.0. The van der Waals surface area contributed by atoms with Crippen molar-refractivity contribution in [1.82, 2.24) is 15.3 Å². The fourth-order valence-corrected chi connectivity index (χ4v) is 2.98. The second kappa shape index (κ2) is 7.33. The molecule has 1 aliphatic heterocycles. The zero-order chi connectivity index (χ0) is 13.5. The minimum Gasteiger partial charge on any atom is -0.369 e. The molecule has 2 heterocycles. The molecule has 1 atom stereocenters. The highest BCUT2D eigenvalue weighted by Crippen LogP contribution is 2.17. The Morgan fingerprint density at radius 3 is 3.00 bits per heavy atom. The lowest BCUT2D eigenvalue weighted by Crippen LogP contribution is -2.38. The van der Waals surface area contributed by atoms with Crippen LogP contribution in [0.15, 0.2) is 12.4 Å². The van der Waals surface area contributed by atoms with Crippen molar-refractivity contribution in [3.63, 3.8) is 0 Å². The van der Waals surface area contributed by atoms with Crippen molar-refractivity contribution >= 4 is 23.5 Å². The fourth-order valence-electron chi connectivity index (χ4n) is 1.90. The third kappa shape index (κ3) is 4.38. The average Bonchev–Trinajstić information content (AvgIpc) is 2.46. The van der Waals surface area contributed by atoms with Crippen LogP contribution in [0.1, 0.15) is 36.7 Å². The van der Waals surface area contributed by atoms with Gasteiger partial charge in [0.2, 0.25) is 0 Å². The molecule has 1 unspecified atom stereocenters. The molecule has 0 aliphatic carbocycles. The van der Waals surface area contributed by atoms with Crippen molar-refractivity contribution in [2.75, 3.05) is 23.4 Å². The summed E-state index contributed by atoms with van der Waals surface area (Å²) in [7, 11) is 0. The molecule has 1 aromatic rings.